The number of benzene rings is 1. The zero-order valence-corrected chi connectivity index (χ0v) is 12.4. The molecule has 2 N–H and O–H groups in total. The number of carbonyl (C=O) groups is 1. The van der Waals surface area contributed by atoms with Crippen LogP contribution >= 0.6 is 0 Å². The third kappa shape index (κ3) is 3.05. The van der Waals surface area contributed by atoms with Crippen molar-refractivity contribution in [3.63, 3.8) is 0 Å². The van der Waals surface area contributed by atoms with E-state index in [0.29, 0.717) is 6.42 Å². The fourth-order valence-electron chi connectivity index (χ4n) is 1.51. The van der Waals surface area contributed by atoms with E-state index in [1.165, 1.54) is 6.20 Å². The first kappa shape index (κ1) is 15.9. The van der Waals surface area contributed by atoms with Crippen molar-refractivity contribution in [2.24, 2.45) is 5.41 Å². The Labute approximate surface area is 125 Å². The summed E-state index contributed by atoms with van der Waals surface area (Å²) in [5.74, 6) is -2.27. The summed E-state index contributed by atoms with van der Waals surface area (Å²) in [6, 6.07) is 2.06. The van der Waals surface area contributed by atoms with Gasteiger partial charge in [0.2, 0.25) is 0 Å². The molecule has 0 spiro atoms. The second kappa shape index (κ2) is 5.70. The Balaban J connectivity index is 2.24. The summed E-state index contributed by atoms with van der Waals surface area (Å²) >= 11 is 0. The van der Waals surface area contributed by atoms with Crippen LogP contribution in [0.2, 0.25) is 0 Å². The van der Waals surface area contributed by atoms with Gasteiger partial charge in [0.25, 0.3) is 0 Å². The molecule has 0 atom stereocenters. The number of nitrogens with two attached hydrogens (primary N) is 1. The van der Waals surface area contributed by atoms with Crippen molar-refractivity contribution in [2.45, 2.75) is 27.2 Å². The minimum absolute atomic E-state index is 0.140. The molecular formula is C14H16F2N4O2. The molecule has 2 rings (SSSR count). The molecule has 1 aromatic heterocycles. The van der Waals surface area contributed by atoms with Gasteiger partial charge in [0.15, 0.2) is 0 Å². The van der Waals surface area contributed by atoms with E-state index in [4.69, 9.17) is 10.6 Å². The predicted octanol–water partition coefficient (Wildman–Crippen LogP) is 2.20. The lowest BCUT2D eigenvalue weighted by Gasteiger charge is -2.18. The Hall–Kier alpha value is -2.51. The highest BCUT2D eigenvalue weighted by atomic mass is 19.1. The first-order chi connectivity index (χ1) is 10.2. The number of halogens is 2. The van der Waals surface area contributed by atoms with Gasteiger partial charge >= 0.3 is 5.97 Å². The highest BCUT2D eigenvalue weighted by Crippen LogP contribution is 2.24. The van der Waals surface area contributed by atoms with Gasteiger partial charge in [-0.25, -0.2) is 13.6 Å². The Kier molecular flexibility index (Phi) is 4.11. The zero-order valence-electron chi connectivity index (χ0n) is 12.4. The number of hydrogen-bond donors (Lipinski definition) is 1. The molecule has 0 aliphatic rings. The molecule has 0 radical (unpaired) electrons. The fourth-order valence-corrected chi connectivity index (χ4v) is 1.51. The SMILES string of the molecule is CCC(C)(C)C(=O)On1cc(-c2cc(F)c(N)c(F)c2)nn1. The van der Waals surface area contributed by atoms with Gasteiger partial charge in [-0.3, -0.25) is 0 Å². The number of hydrogen-bond acceptors (Lipinski definition) is 5. The monoisotopic (exact) mass is 310 g/mol. The predicted molar refractivity (Wildman–Crippen MR) is 75.4 cm³/mol. The molecule has 0 aliphatic carbocycles. The number of nitrogen functional groups attached to an aromatic ring is 1. The number of anilines is 1. The van der Waals surface area contributed by atoms with Crippen LogP contribution in [0.15, 0.2) is 18.3 Å². The summed E-state index contributed by atoms with van der Waals surface area (Å²) in [6.45, 7) is 5.32. The lowest BCUT2D eigenvalue weighted by molar-refractivity contribution is -0.156. The van der Waals surface area contributed by atoms with Crippen molar-refractivity contribution in [3.8, 4) is 11.3 Å². The fraction of sp³-hybridized carbons (Fsp3) is 0.357. The first-order valence-corrected chi connectivity index (χ1v) is 6.64. The van der Waals surface area contributed by atoms with Crippen molar-refractivity contribution in [3.05, 3.63) is 30.0 Å². The molecule has 1 aromatic carbocycles. The summed E-state index contributed by atoms with van der Waals surface area (Å²) in [7, 11) is 0. The topological polar surface area (TPSA) is 83.0 Å². The molecule has 0 aliphatic heterocycles. The van der Waals surface area contributed by atoms with Gasteiger partial charge < -0.3 is 10.6 Å². The average Bonchev–Trinajstić information content (AvgIpc) is 2.92. The standard InChI is InChI=1S/C14H16F2N4O2/c1-4-14(2,3)13(21)22-20-7-11(18-19-20)8-5-9(15)12(17)10(16)6-8/h5-7H,4,17H2,1-3H3. The molecule has 0 bridgehead atoms. The average molecular weight is 310 g/mol. The molecule has 8 heteroatoms. The summed E-state index contributed by atoms with van der Waals surface area (Å²) in [5, 5.41) is 7.33. The van der Waals surface area contributed by atoms with E-state index in [1.54, 1.807) is 13.8 Å². The maximum atomic E-state index is 13.4. The van der Waals surface area contributed by atoms with E-state index in [-0.39, 0.29) is 11.3 Å². The molecule has 0 unspecified atom stereocenters. The molecule has 0 saturated carbocycles. The van der Waals surface area contributed by atoms with E-state index in [1.807, 2.05) is 6.92 Å². The Morgan fingerprint density at radius 2 is 1.95 bits per heavy atom. The second-order valence-corrected chi connectivity index (χ2v) is 5.48. The quantitative estimate of drug-likeness (QED) is 0.691. The summed E-state index contributed by atoms with van der Waals surface area (Å²) < 4.78 is 26.9. The molecule has 1 heterocycles. The van der Waals surface area contributed by atoms with Gasteiger partial charge in [0.1, 0.15) is 23.0 Å². The minimum Gasteiger partial charge on any atom is -0.394 e. The number of carbonyl (C=O) groups excluding carboxylic acids is 1. The van der Waals surface area contributed by atoms with Crippen molar-refractivity contribution in [2.75, 3.05) is 5.73 Å². The largest absolute Gasteiger partial charge is 0.394 e. The van der Waals surface area contributed by atoms with Crippen molar-refractivity contribution in [1.29, 1.82) is 0 Å². The van der Waals surface area contributed by atoms with Crippen LogP contribution in [0.3, 0.4) is 0 Å². The zero-order chi connectivity index (χ0) is 16.5. The normalized spacial score (nSPS) is 11.5. The minimum atomic E-state index is -0.895. The molecule has 0 saturated heterocycles. The van der Waals surface area contributed by atoms with Gasteiger partial charge in [0, 0.05) is 5.56 Å². The molecular weight excluding hydrogens is 294 g/mol. The van der Waals surface area contributed by atoms with E-state index < -0.39 is 28.7 Å². The van der Waals surface area contributed by atoms with Crippen LogP contribution < -0.4 is 10.6 Å². The first-order valence-electron chi connectivity index (χ1n) is 6.64. The van der Waals surface area contributed by atoms with Gasteiger partial charge in [0.05, 0.1) is 11.6 Å². The lowest BCUT2D eigenvalue weighted by atomic mass is 9.91. The van der Waals surface area contributed by atoms with Crippen LogP contribution in [0.1, 0.15) is 27.2 Å². The maximum Gasteiger partial charge on any atom is 0.340 e. The molecule has 22 heavy (non-hydrogen) atoms. The van der Waals surface area contributed by atoms with Crippen LogP contribution in [0.5, 0.6) is 0 Å². The summed E-state index contributed by atoms with van der Waals surface area (Å²) in [5.41, 5.74) is 4.26. The Morgan fingerprint density at radius 1 is 1.36 bits per heavy atom. The van der Waals surface area contributed by atoms with Crippen molar-refractivity contribution >= 4 is 11.7 Å². The van der Waals surface area contributed by atoms with E-state index >= 15 is 0 Å². The van der Waals surface area contributed by atoms with Crippen LogP contribution in [0.4, 0.5) is 14.5 Å². The maximum absolute atomic E-state index is 13.4. The lowest BCUT2D eigenvalue weighted by Crippen LogP contribution is -2.33. The van der Waals surface area contributed by atoms with E-state index in [2.05, 4.69) is 10.3 Å². The summed E-state index contributed by atoms with van der Waals surface area (Å²) in [6.07, 6.45) is 1.84. The van der Waals surface area contributed by atoms with E-state index in [0.717, 1.165) is 17.0 Å². The third-order valence-electron chi connectivity index (χ3n) is 3.46. The summed E-state index contributed by atoms with van der Waals surface area (Å²) in [4.78, 5) is 17.8. The molecule has 0 amide bonds. The van der Waals surface area contributed by atoms with Gasteiger partial charge in [-0.15, -0.1) is 5.10 Å². The number of rotatable bonds is 4. The Bertz CT molecular complexity index is 690. The highest BCUT2D eigenvalue weighted by Gasteiger charge is 2.28. The van der Waals surface area contributed by atoms with Crippen LogP contribution in [-0.2, 0) is 4.79 Å². The second-order valence-electron chi connectivity index (χ2n) is 5.48. The van der Waals surface area contributed by atoms with Crippen LogP contribution in [0.25, 0.3) is 11.3 Å². The smallest absolute Gasteiger partial charge is 0.340 e. The molecule has 2 aromatic rings. The van der Waals surface area contributed by atoms with Gasteiger partial charge in [-0.1, -0.05) is 11.8 Å². The number of nitrogens with zero attached hydrogens (tertiary/aromatic N) is 3. The highest BCUT2D eigenvalue weighted by molar-refractivity contribution is 5.76. The molecule has 118 valence electrons. The Morgan fingerprint density at radius 3 is 2.50 bits per heavy atom. The van der Waals surface area contributed by atoms with Crippen LogP contribution in [-0.4, -0.2) is 21.1 Å². The van der Waals surface area contributed by atoms with Crippen LogP contribution in [0, 0.1) is 17.0 Å². The molecule has 6 nitrogen and oxygen atoms in total. The van der Waals surface area contributed by atoms with Crippen molar-refractivity contribution < 1.29 is 18.4 Å². The number of aromatic nitrogens is 3. The van der Waals surface area contributed by atoms with Gasteiger partial charge in [-0.2, -0.15) is 0 Å². The molecule has 0 fully saturated rings. The van der Waals surface area contributed by atoms with Gasteiger partial charge in [-0.05, 0) is 37.6 Å². The van der Waals surface area contributed by atoms with Crippen molar-refractivity contribution in [1.82, 2.24) is 15.2 Å². The van der Waals surface area contributed by atoms with E-state index in [9.17, 15) is 13.6 Å². The third-order valence-corrected chi connectivity index (χ3v) is 3.46.